The fraction of sp³-hybridized carbons (Fsp3) is 0.250. The summed E-state index contributed by atoms with van der Waals surface area (Å²) in [5.41, 5.74) is 2.20. The molecule has 18 heavy (non-hydrogen) atoms. The van der Waals surface area contributed by atoms with Crippen molar-refractivity contribution < 1.29 is 4.39 Å². The molecule has 2 rings (SSSR count). The van der Waals surface area contributed by atoms with Crippen LogP contribution in [0.1, 0.15) is 24.0 Å². The van der Waals surface area contributed by atoms with Crippen LogP contribution >= 0.6 is 0 Å². The van der Waals surface area contributed by atoms with Gasteiger partial charge in [0.2, 0.25) is 0 Å². The van der Waals surface area contributed by atoms with Gasteiger partial charge in [0.15, 0.2) is 0 Å². The lowest BCUT2D eigenvalue weighted by Gasteiger charge is -2.24. The maximum Gasteiger partial charge on any atom is 0.123 e. The van der Waals surface area contributed by atoms with E-state index in [0.717, 1.165) is 5.56 Å². The Morgan fingerprint density at radius 1 is 0.944 bits per heavy atom. The summed E-state index contributed by atoms with van der Waals surface area (Å²) in [5.74, 6) is -0.0244. The number of hydrogen-bond donors (Lipinski definition) is 1. The second kappa shape index (κ2) is 5.78. The van der Waals surface area contributed by atoms with Crippen molar-refractivity contribution in [3.8, 4) is 0 Å². The van der Waals surface area contributed by atoms with E-state index in [2.05, 4.69) is 24.4 Å². The first-order chi connectivity index (χ1) is 8.72. The number of halogens is 1. The molecule has 0 fully saturated rings. The van der Waals surface area contributed by atoms with E-state index in [4.69, 9.17) is 0 Å². The minimum absolute atomic E-state index is 0.159. The van der Waals surface area contributed by atoms with Gasteiger partial charge in [0.25, 0.3) is 0 Å². The summed E-state index contributed by atoms with van der Waals surface area (Å²) in [6.45, 7) is 2.11. The van der Waals surface area contributed by atoms with Gasteiger partial charge in [-0.05, 0) is 37.2 Å². The highest BCUT2D eigenvalue weighted by molar-refractivity contribution is 5.34. The Kier molecular flexibility index (Phi) is 4.11. The van der Waals surface area contributed by atoms with Crippen molar-refractivity contribution in [1.29, 1.82) is 0 Å². The highest BCUT2D eigenvalue weighted by atomic mass is 19.1. The van der Waals surface area contributed by atoms with Gasteiger partial charge >= 0.3 is 0 Å². The lowest BCUT2D eigenvalue weighted by molar-refractivity contribution is 0.542. The molecule has 0 aliphatic rings. The summed E-state index contributed by atoms with van der Waals surface area (Å²) in [6, 6.07) is 17.3. The highest BCUT2D eigenvalue weighted by Crippen LogP contribution is 2.28. The Hall–Kier alpha value is -1.67. The molecule has 0 amide bonds. The van der Waals surface area contributed by atoms with Crippen molar-refractivity contribution in [2.75, 3.05) is 7.05 Å². The Labute approximate surface area is 108 Å². The van der Waals surface area contributed by atoms with Crippen LogP contribution in [0.15, 0.2) is 54.6 Å². The molecule has 2 unspecified atom stereocenters. The monoisotopic (exact) mass is 243 g/mol. The normalized spacial score (nSPS) is 14.2. The zero-order chi connectivity index (χ0) is 13.0. The van der Waals surface area contributed by atoms with Gasteiger partial charge in [-0.25, -0.2) is 4.39 Å². The van der Waals surface area contributed by atoms with Gasteiger partial charge in [-0.2, -0.15) is 0 Å². The molecule has 0 heterocycles. The predicted octanol–water partition coefficient (Wildman–Crippen LogP) is 3.57. The van der Waals surface area contributed by atoms with Crippen molar-refractivity contribution in [2.45, 2.75) is 18.9 Å². The first-order valence-corrected chi connectivity index (χ1v) is 6.20. The van der Waals surface area contributed by atoms with Crippen LogP contribution in [0.4, 0.5) is 4.39 Å². The first kappa shape index (κ1) is 12.8. The fourth-order valence-electron chi connectivity index (χ4n) is 2.30. The van der Waals surface area contributed by atoms with Gasteiger partial charge in [0.05, 0.1) is 0 Å². The van der Waals surface area contributed by atoms with Crippen LogP contribution in [0.5, 0.6) is 0 Å². The van der Waals surface area contributed by atoms with Crippen LogP contribution < -0.4 is 5.32 Å². The van der Waals surface area contributed by atoms with Gasteiger partial charge in [-0.3, -0.25) is 0 Å². The molecule has 2 heteroatoms. The molecule has 0 aliphatic carbocycles. The van der Waals surface area contributed by atoms with E-state index in [1.165, 1.54) is 11.6 Å². The van der Waals surface area contributed by atoms with Crippen LogP contribution in [0, 0.1) is 5.82 Å². The second-order valence-electron chi connectivity index (χ2n) is 4.52. The molecule has 2 aromatic rings. The minimum Gasteiger partial charge on any atom is -0.316 e. The molecule has 0 saturated heterocycles. The average molecular weight is 243 g/mol. The summed E-state index contributed by atoms with van der Waals surface area (Å²) in [4.78, 5) is 0. The highest BCUT2D eigenvalue weighted by Gasteiger charge is 2.20. The largest absolute Gasteiger partial charge is 0.316 e. The third kappa shape index (κ3) is 2.77. The summed E-state index contributed by atoms with van der Waals surface area (Å²) in [6.07, 6.45) is 0. The third-order valence-corrected chi connectivity index (χ3v) is 3.32. The standard InChI is InChI=1S/C16H18FN/c1-12(18-2)16(13-7-4-3-5-8-13)14-9-6-10-15(17)11-14/h3-12,16,18H,1-2H3. The summed E-state index contributed by atoms with van der Waals surface area (Å²) < 4.78 is 13.4. The first-order valence-electron chi connectivity index (χ1n) is 6.20. The van der Waals surface area contributed by atoms with E-state index < -0.39 is 0 Å². The van der Waals surface area contributed by atoms with Crippen molar-refractivity contribution >= 4 is 0 Å². The predicted molar refractivity (Wildman–Crippen MR) is 73.2 cm³/mol. The molecule has 0 bridgehead atoms. The molecule has 0 aromatic heterocycles. The Balaban J connectivity index is 2.43. The lowest BCUT2D eigenvalue weighted by atomic mass is 9.86. The van der Waals surface area contributed by atoms with E-state index in [1.807, 2.05) is 31.3 Å². The Morgan fingerprint density at radius 3 is 2.22 bits per heavy atom. The number of nitrogens with one attached hydrogen (secondary N) is 1. The maximum atomic E-state index is 13.4. The summed E-state index contributed by atoms with van der Waals surface area (Å²) in [5, 5.41) is 3.26. The smallest absolute Gasteiger partial charge is 0.123 e. The lowest BCUT2D eigenvalue weighted by Crippen LogP contribution is -2.29. The van der Waals surface area contributed by atoms with Crippen molar-refractivity contribution in [3.05, 3.63) is 71.5 Å². The zero-order valence-electron chi connectivity index (χ0n) is 10.7. The molecule has 2 aromatic carbocycles. The molecule has 0 aliphatic heterocycles. The molecule has 0 spiro atoms. The molecule has 1 N–H and O–H groups in total. The van der Waals surface area contributed by atoms with E-state index in [-0.39, 0.29) is 17.8 Å². The van der Waals surface area contributed by atoms with Crippen LogP contribution in [0.25, 0.3) is 0 Å². The van der Waals surface area contributed by atoms with Gasteiger partial charge in [0.1, 0.15) is 5.82 Å². The van der Waals surface area contributed by atoms with Crippen molar-refractivity contribution in [3.63, 3.8) is 0 Å². The summed E-state index contributed by atoms with van der Waals surface area (Å²) in [7, 11) is 1.93. The fourth-order valence-corrected chi connectivity index (χ4v) is 2.30. The minimum atomic E-state index is -0.184. The van der Waals surface area contributed by atoms with Crippen LogP contribution in [0.2, 0.25) is 0 Å². The molecular weight excluding hydrogens is 225 g/mol. The quantitative estimate of drug-likeness (QED) is 0.865. The molecule has 94 valence electrons. The maximum absolute atomic E-state index is 13.4. The van der Waals surface area contributed by atoms with Crippen LogP contribution in [-0.4, -0.2) is 13.1 Å². The SMILES string of the molecule is CNC(C)C(c1ccccc1)c1cccc(F)c1. The zero-order valence-corrected chi connectivity index (χ0v) is 10.7. The van der Waals surface area contributed by atoms with Crippen molar-refractivity contribution in [1.82, 2.24) is 5.32 Å². The average Bonchev–Trinajstić information content (AvgIpc) is 2.40. The number of benzene rings is 2. The number of rotatable bonds is 4. The van der Waals surface area contributed by atoms with E-state index >= 15 is 0 Å². The van der Waals surface area contributed by atoms with Gasteiger partial charge in [-0.15, -0.1) is 0 Å². The van der Waals surface area contributed by atoms with Gasteiger partial charge in [0, 0.05) is 12.0 Å². The molecule has 0 saturated carbocycles. The van der Waals surface area contributed by atoms with E-state index in [1.54, 1.807) is 12.1 Å². The van der Waals surface area contributed by atoms with Crippen LogP contribution in [-0.2, 0) is 0 Å². The van der Waals surface area contributed by atoms with Gasteiger partial charge < -0.3 is 5.32 Å². The Bertz CT molecular complexity index is 495. The van der Waals surface area contributed by atoms with E-state index in [0.29, 0.717) is 0 Å². The molecule has 0 radical (unpaired) electrons. The molecule has 2 atom stereocenters. The Morgan fingerprint density at radius 2 is 1.61 bits per heavy atom. The third-order valence-electron chi connectivity index (χ3n) is 3.32. The molecular formula is C16H18FN. The topological polar surface area (TPSA) is 12.0 Å². The van der Waals surface area contributed by atoms with E-state index in [9.17, 15) is 4.39 Å². The number of hydrogen-bond acceptors (Lipinski definition) is 1. The number of likely N-dealkylation sites (N-methyl/N-ethyl adjacent to an activating group) is 1. The van der Waals surface area contributed by atoms with Crippen molar-refractivity contribution in [2.24, 2.45) is 0 Å². The summed E-state index contributed by atoms with van der Waals surface area (Å²) >= 11 is 0. The van der Waals surface area contributed by atoms with Gasteiger partial charge in [-0.1, -0.05) is 42.5 Å². The molecule has 1 nitrogen and oxygen atoms in total. The van der Waals surface area contributed by atoms with Crippen LogP contribution in [0.3, 0.4) is 0 Å². The second-order valence-corrected chi connectivity index (χ2v) is 4.52.